The lowest BCUT2D eigenvalue weighted by molar-refractivity contribution is -0.384. The van der Waals surface area contributed by atoms with Gasteiger partial charge in [0.2, 0.25) is 0 Å². The van der Waals surface area contributed by atoms with Crippen LogP contribution in [0.25, 0.3) is 0 Å². The van der Waals surface area contributed by atoms with Crippen molar-refractivity contribution in [2.45, 2.75) is 6.54 Å². The smallest absolute Gasteiger partial charge is 0.311 e. The number of aromatic nitrogens is 2. The van der Waals surface area contributed by atoms with Crippen molar-refractivity contribution in [3.8, 4) is 0 Å². The average Bonchev–Trinajstić information content (AvgIpc) is 2.74. The minimum atomic E-state index is -0.383. The van der Waals surface area contributed by atoms with Crippen LogP contribution >= 0.6 is 11.6 Å². The number of anilines is 1. The van der Waals surface area contributed by atoms with Crippen molar-refractivity contribution < 1.29 is 4.92 Å². The molecule has 2 rings (SSSR count). The second-order valence-corrected chi connectivity index (χ2v) is 4.63. The predicted molar refractivity (Wildman–Crippen MR) is 73.4 cm³/mol. The van der Waals surface area contributed by atoms with Gasteiger partial charge in [-0.2, -0.15) is 0 Å². The van der Waals surface area contributed by atoms with E-state index in [1.165, 1.54) is 6.07 Å². The molecule has 0 bridgehead atoms. The molecule has 2 heterocycles. The van der Waals surface area contributed by atoms with E-state index in [9.17, 15) is 10.1 Å². The summed E-state index contributed by atoms with van der Waals surface area (Å²) in [7, 11) is 3.58. The molecule has 0 saturated carbocycles. The molecule has 0 aliphatic carbocycles. The van der Waals surface area contributed by atoms with Crippen LogP contribution in [0, 0.1) is 10.1 Å². The lowest BCUT2D eigenvalue weighted by atomic mass is 10.2. The molecule has 0 saturated heterocycles. The molecule has 0 spiro atoms. The Morgan fingerprint density at radius 2 is 2.21 bits per heavy atom. The first-order valence-corrected chi connectivity index (χ1v) is 5.98. The van der Waals surface area contributed by atoms with Crippen LogP contribution in [-0.4, -0.2) is 21.5 Å². The summed E-state index contributed by atoms with van der Waals surface area (Å²) in [6.45, 7) is 0.517. The van der Waals surface area contributed by atoms with Crippen LogP contribution < -0.4 is 4.90 Å². The van der Waals surface area contributed by atoms with E-state index in [4.69, 9.17) is 11.6 Å². The Balaban J connectivity index is 2.24. The summed E-state index contributed by atoms with van der Waals surface area (Å²) in [6, 6.07) is 5.04. The standard InChI is InChI=1S/C12H13ClN4O2/c1-15-6-5-10(17(18)19)12(15)16(2)8-9-3-4-11(13)14-7-9/h3-7H,8H2,1-2H3. The van der Waals surface area contributed by atoms with E-state index in [1.54, 1.807) is 37.1 Å². The number of nitro groups is 1. The highest BCUT2D eigenvalue weighted by atomic mass is 35.5. The van der Waals surface area contributed by atoms with Crippen molar-refractivity contribution in [3.05, 3.63) is 51.4 Å². The summed E-state index contributed by atoms with van der Waals surface area (Å²) in [5, 5.41) is 11.4. The third-order valence-electron chi connectivity index (χ3n) is 2.79. The Morgan fingerprint density at radius 1 is 1.47 bits per heavy atom. The van der Waals surface area contributed by atoms with Crippen LogP contribution in [0.1, 0.15) is 5.56 Å². The van der Waals surface area contributed by atoms with E-state index in [0.717, 1.165) is 5.56 Å². The van der Waals surface area contributed by atoms with Gasteiger partial charge in [-0.3, -0.25) is 10.1 Å². The Morgan fingerprint density at radius 3 is 2.79 bits per heavy atom. The minimum Gasteiger partial charge on any atom is -0.351 e. The van der Waals surface area contributed by atoms with Gasteiger partial charge in [-0.25, -0.2) is 4.98 Å². The number of halogens is 1. The number of aryl methyl sites for hydroxylation is 1. The highest BCUT2D eigenvalue weighted by Crippen LogP contribution is 2.28. The number of rotatable bonds is 4. The zero-order chi connectivity index (χ0) is 14.0. The monoisotopic (exact) mass is 280 g/mol. The molecule has 6 nitrogen and oxygen atoms in total. The van der Waals surface area contributed by atoms with Gasteiger partial charge in [0, 0.05) is 39.1 Å². The SMILES string of the molecule is CN(Cc1ccc(Cl)nc1)c1c([N+](=O)[O-])ccn1C. The van der Waals surface area contributed by atoms with E-state index in [-0.39, 0.29) is 10.6 Å². The highest BCUT2D eigenvalue weighted by Gasteiger charge is 2.20. The van der Waals surface area contributed by atoms with Gasteiger partial charge >= 0.3 is 5.69 Å². The van der Waals surface area contributed by atoms with Crippen LogP contribution in [0.2, 0.25) is 5.15 Å². The fourth-order valence-corrected chi connectivity index (χ4v) is 2.08. The normalized spacial score (nSPS) is 10.5. The summed E-state index contributed by atoms with van der Waals surface area (Å²) < 4.78 is 1.72. The number of hydrogen-bond donors (Lipinski definition) is 0. The van der Waals surface area contributed by atoms with Crippen molar-refractivity contribution in [2.24, 2.45) is 7.05 Å². The molecule has 2 aromatic heterocycles. The van der Waals surface area contributed by atoms with Gasteiger partial charge in [-0.1, -0.05) is 17.7 Å². The van der Waals surface area contributed by atoms with Crippen molar-refractivity contribution >= 4 is 23.1 Å². The summed E-state index contributed by atoms with van der Waals surface area (Å²) in [5.74, 6) is 0.556. The van der Waals surface area contributed by atoms with E-state index < -0.39 is 0 Å². The molecule has 2 aromatic rings. The Hall–Kier alpha value is -2.08. The molecule has 0 atom stereocenters. The molecule has 19 heavy (non-hydrogen) atoms. The first kappa shape index (κ1) is 13.4. The maximum absolute atomic E-state index is 11.0. The van der Waals surface area contributed by atoms with Crippen molar-refractivity contribution in [3.63, 3.8) is 0 Å². The van der Waals surface area contributed by atoms with Gasteiger partial charge in [0.1, 0.15) is 5.15 Å². The van der Waals surface area contributed by atoms with Gasteiger partial charge in [0.15, 0.2) is 5.82 Å². The molecule has 7 heteroatoms. The summed E-state index contributed by atoms with van der Waals surface area (Å²) >= 11 is 5.72. The average molecular weight is 281 g/mol. The topological polar surface area (TPSA) is 64.2 Å². The molecule has 0 fully saturated rings. The zero-order valence-electron chi connectivity index (χ0n) is 10.6. The molecule has 100 valence electrons. The summed E-state index contributed by atoms with van der Waals surface area (Å²) in [5.41, 5.74) is 1.02. The molecule has 0 radical (unpaired) electrons. The molecular weight excluding hydrogens is 268 g/mol. The second kappa shape index (κ2) is 5.27. The highest BCUT2D eigenvalue weighted by molar-refractivity contribution is 6.29. The molecule has 0 aliphatic rings. The molecule has 0 unspecified atom stereocenters. The summed E-state index contributed by atoms with van der Waals surface area (Å²) in [6.07, 6.45) is 3.33. The van der Waals surface area contributed by atoms with Crippen LogP contribution in [0.15, 0.2) is 30.6 Å². The maximum atomic E-state index is 11.0. The third kappa shape index (κ3) is 2.85. The minimum absolute atomic E-state index is 0.0897. The Labute approximate surface area is 115 Å². The van der Waals surface area contributed by atoms with E-state index in [0.29, 0.717) is 17.5 Å². The zero-order valence-corrected chi connectivity index (χ0v) is 11.3. The van der Waals surface area contributed by atoms with Gasteiger partial charge < -0.3 is 9.47 Å². The van der Waals surface area contributed by atoms with Crippen molar-refractivity contribution in [1.82, 2.24) is 9.55 Å². The van der Waals surface area contributed by atoms with Crippen molar-refractivity contribution in [2.75, 3.05) is 11.9 Å². The van der Waals surface area contributed by atoms with Crippen LogP contribution in [-0.2, 0) is 13.6 Å². The molecule has 0 amide bonds. The fourth-order valence-electron chi connectivity index (χ4n) is 1.96. The van der Waals surface area contributed by atoms with E-state index >= 15 is 0 Å². The van der Waals surface area contributed by atoms with E-state index in [2.05, 4.69) is 4.98 Å². The fraction of sp³-hybridized carbons (Fsp3) is 0.250. The first-order chi connectivity index (χ1) is 8.99. The van der Waals surface area contributed by atoms with Gasteiger partial charge in [0.25, 0.3) is 0 Å². The molecule has 0 aromatic carbocycles. The largest absolute Gasteiger partial charge is 0.351 e. The predicted octanol–water partition coefficient (Wildman–Crippen LogP) is 2.62. The first-order valence-electron chi connectivity index (χ1n) is 5.60. The Kier molecular flexibility index (Phi) is 3.71. The van der Waals surface area contributed by atoms with Crippen LogP contribution in [0.4, 0.5) is 11.5 Å². The van der Waals surface area contributed by atoms with Crippen LogP contribution in [0.5, 0.6) is 0 Å². The molecular formula is C12H13ClN4O2. The lowest BCUT2D eigenvalue weighted by Crippen LogP contribution is -2.20. The Bertz CT molecular complexity index is 594. The number of nitrogens with zero attached hydrogens (tertiary/aromatic N) is 4. The van der Waals surface area contributed by atoms with Gasteiger partial charge in [0.05, 0.1) is 4.92 Å². The second-order valence-electron chi connectivity index (χ2n) is 4.24. The quantitative estimate of drug-likeness (QED) is 0.491. The van der Waals surface area contributed by atoms with Crippen LogP contribution in [0.3, 0.4) is 0 Å². The third-order valence-corrected chi connectivity index (χ3v) is 3.01. The molecule has 0 aliphatic heterocycles. The maximum Gasteiger partial charge on any atom is 0.311 e. The number of hydrogen-bond acceptors (Lipinski definition) is 4. The van der Waals surface area contributed by atoms with Gasteiger partial charge in [-0.15, -0.1) is 0 Å². The van der Waals surface area contributed by atoms with Crippen molar-refractivity contribution in [1.29, 1.82) is 0 Å². The van der Waals surface area contributed by atoms with E-state index in [1.807, 2.05) is 11.0 Å². The number of pyridine rings is 1. The molecule has 0 N–H and O–H groups in total. The lowest BCUT2D eigenvalue weighted by Gasteiger charge is -2.19. The summed E-state index contributed by atoms with van der Waals surface area (Å²) in [4.78, 5) is 16.4. The van der Waals surface area contributed by atoms with Gasteiger partial charge in [-0.05, 0) is 11.6 Å².